The first-order valence-electron chi connectivity index (χ1n) is 11.0. The second-order valence-corrected chi connectivity index (χ2v) is 8.70. The number of halogens is 3. The first-order chi connectivity index (χ1) is 15.2. The molecule has 0 radical (unpaired) electrons. The predicted molar refractivity (Wildman–Crippen MR) is 132 cm³/mol. The lowest BCUT2D eigenvalue weighted by Crippen LogP contribution is -2.42. The third-order valence-electron chi connectivity index (χ3n) is 6.37. The molecule has 1 N–H and O–H groups in total. The van der Waals surface area contributed by atoms with Crippen molar-refractivity contribution in [1.82, 2.24) is 24.9 Å². The van der Waals surface area contributed by atoms with Crippen molar-refractivity contribution in [3.63, 3.8) is 0 Å². The Morgan fingerprint density at radius 1 is 1.03 bits per heavy atom. The van der Waals surface area contributed by atoms with Gasteiger partial charge in [-0.1, -0.05) is 24.3 Å². The molecular weight excluding hydrogens is 464 g/mol. The maximum atomic E-state index is 15.0. The van der Waals surface area contributed by atoms with Gasteiger partial charge < -0.3 is 10.1 Å². The third kappa shape index (κ3) is 4.63. The Hall–Kier alpha value is -2.48. The molecule has 1 saturated heterocycles. The van der Waals surface area contributed by atoms with Gasteiger partial charge in [-0.2, -0.15) is 0 Å². The number of para-hydroxylation sites is 1. The molecule has 3 aromatic heterocycles. The van der Waals surface area contributed by atoms with Gasteiger partial charge in [-0.3, -0.25) is 4.40 Å². The van der Waals surface area contributed by atoms with Gasteiger partial charge in [0.2, 0.25) is 0 Å². The van der Waals surface area contributed by atoms with E-state index in [0.29, 0.717) is 48.9 Å². The van der Waals surface area contributed by atoms with Crippen molar-refractivity contribution in [1.29, 1.82) is 0 Å². The number of benzene rings is 1. The van der Waals surface area contributed by atoms with E-state index in [4.69, 9.17) is 9.72 Å². The van der Waals surface area contributed by atoms with E-state index < -0.39 is 5.67 Å². The molecule has 1 aliphatic carbocycles. The quantitative estimate of drug-likeness (QED) is 0.420. The summed E-state index contributed by atoms with van der Waals surface area (Å²) in [5.74, 6) is 1.95. The van der Waals surface area contributed by atoms with Crippen molar-refractivity contribution >= 4 is 41.4 Å². The van der Waals surface area contributed by atoms with Gasteiger partial charge >= 0.3 is 0 Å². The maximum Gasteiger partial charge on any atom is 0.187 e. The van der Waals surface area contributed by atoms with Crippen LogP contribution in [0.1, 0.15) is 37.2 Å². The van der Waals surface area contributed by atoms with Crippen LogP contribution in [-0.4, -0.2) is 44.9 Å². The molecule has 1 saturated carbocycles. The normalized spacial score (nSPS) is 17.4. The zero-order valence-corrected chi connectivity index (χ0v) is 19.7. The molecule has 6 nitrogen and oxygen atoms in total. The number of hydrogen-bond acceptors (Lipinski definition) is 5. The van der Waals surface area contributed by atoms with E-state index in [0.717, 1.165) is 16.7 Å². The number of ether oxygens (including phenoxy) is 1. The molecule has 0 atom stereocenters. The van der Waals surface area contributed by atoms with Crippen molar-refractivity contribution in [3.05, 3.63) is 54.2 Å². The molecule has 1 aromatic carbocycles. The van der Waals surface area contributed by atoms with E-state index in [-0.39, 0.29) is 31.4 Å². The second-order valence-electron chi connectivity index (χ2n) is 8.70. The molecule has 1 aliphatic heterocycles. The van der Waals surface area contributed by atoms with E-state index in [1.54, 1.807) is 0 Å². The lowest BCUT2D eigenvalue weighted by Gasteiger charge is -2.29. The zero-order valence-electron chi connectivity index (χ0n) is 18.0. The summed E-state index contributed by atoms with van der Waals surface area (Å²) in [4.78, 5) is 4.86. The number of nitrogens with one attached hydrogen (secondary N) is 1. The Balaban J connectivity index is 0.00000130. The highest BCUT2D eigenvalue weighted by Crippen LogP contribution is 2.40. The van der Waals surface area contributed by atoms with E-state index in [1.165, 1.54) is 18.4 Å². The van der Waals surface area contributed by atoms with E-state index in [1.807, 2.05) is 40.8 Å². The smallest absolute Gasteiger partial charge is 0.187 e. The third-order valence-corrected chi connectivity index (χ3v) is 6.37. The van der Waals surface area contributed by atoms with Crippen LogP contribution < -0.4 is 10.1 Å². The molecule has 4 heterocycles. The minimum atomic E-state index is -1.30. The minimum absolute atomic E-state index is 0. The number of pyridine rings is 2. The number of fused-ring (bicyclic) bond motifs is 2. The van der Waals surface area contributed by atoms with Gasteiger partial charge in [0, 0.05) is 11.6 Å². The van der Waals surface area contributed by atoms with E-state index in [9.17, 15) is 0 Å². The minimum Gasteiger partial charge on any atom is -0.488 e. The number of nitrogens with zero attached hydrogens (tertiary/aromatic N) is 4. The molecule has 0 amide bonds. The summed E-state index contributed by atoms with van der Waals surface area (Å²) < 4.78 is 23.0. The Bertz CT molecular complexity index is 1270. The number of rotatable bonds is 5. The van der Waals surface area contributed by atoms with Gasteiger partial charge in [0.25, 0.3) is 0 Å². The monoisotopic (exact) mass is 489 g/mol. The highest BCUT2D eigenvalue weighted by atomic mass is 35.5. The molecule has 0 bridgehead atoms. The molecule has 9 heteroatoms. The fraction of sp³-hybridized carbons (Fsp3) is 0.375. The second kappa shape index (κ2) is 9.41. The maximum absolute atomic E-state index is 15.0. The number of aromatic nitrogens is 4. The Kier molecular flexibility index (Phi) is 6.75. The van der Waals surface area contributed by atoms with Crippen LogP contribution >= 0.6 is 24.8 Å². The van der Waals surface area contributed by atoms with E-state index >= 15 is 4.39 Å². The standard InChI is InChI=1S/C24H24FN5O.2ClH/c25-24(10-12-26-13-11-24)15-31-20-3-1-2-17-6-8-19(27-22(17)20)23-29-28-21-9-7-18(14-30(21)23)16-4-5-16;;/h1-3,6-9,14,16,26H,4-5,10-13,15H2;2*1H. The Morgan fingerprint density at radius 2 is 1.85 bits per heavy atom. The largest absolute Gasteiger partial charge is 0.488 e. The highest BCUT2D eigenvalue weighted by Gasteiger charge is 2.32. The molecule has 4 aromatic rings. The Labute approximate surface area is 203 Å². The van der Waals surface area contributed by atoms with E-state index in [2.05, 4.69) is 27.8 Å². The summed E-state index contributed by atoms with van der Waals surface area (Å²) in [6.45, 7) is 1.40. The Morgan fingerprint density at radius 3 is 2.64 bits per heavy atom. The molecule has 6 rings (SSSR count). The topological polar surface area (TPSA) is 64.3 Å². The van der Waals surface area contributed by atoms with Gasteiger partial charge in [-0.15, -0.1) is 35.0 Å². The summed E-state index contributed by atoms with van der Waals surface area (Å²) in [5.41, 5.74) is 2.26. The first-order valence-corrected chi connectivity index (χ1v) is 11.0. The summed E-state index contributed by atoms with van der Waals surface area (Å²) in [6, 6.07) is 13.9. The van der Waals surface area contributed by atoms with Crippen molar-refractivity contribution in [2.45, 2.75) is 37.3 Å². The highest BCUT2D eigenvalue weighted by molar-refractivity contribution is 5.86. The van der Waals surface area contributed by atoms with Crippen molar-refractivity contribution < 1.29 is 9.13 Å². The number of hydrogen-bond donors (Lipinski definition) is 1. The van der Waals surface area contributed by atoms with Crippen LogP contribution in [0, 0.1) is 0 Å². The van der Waals surface area contributed by atoms with Crippen LogP contribution in [0.4, 0.5) is 4.39 Å². The lowest BCUT2D eigenvalue weighted by molar-refractivity contribution is 0.0545. The van der Waals surface area contributed by atoms with Crippen molar-refractivity contribution in [2.75, 3.05) is 19.7 Å². The van der Waals surface area contributed by atoms with Crippen LogP contribution in [0.2, 0.25) is 0 Å². The van der Waals surface area contributed by atoms with Crippen LogP contribution in [0.5, 0.6) is 5.75 Å². The summed E-state index contributed by atoms with van der Waals surface area (Å²) >= 11 is 0. The van der Waals surface area contributed by atoms with Crippen LogP contribution in [0.25, 0.3) is 28.1 Å². The van der Waals surface area contributed by atoms with Gasteiger partial charge in [0.15, 0.2) is 11.5 Å². The molecule has 33 heavy (non-hydrogen) atoms. The van der Waals surface area contributed by atoms with Crippen LogP contribution in [-0.2, 0) is 0 Å². The fourth-order valence-electron chi connectivity index (χ4n) is 4.33. The average Bonchev–Trinajstić information content (AvgIpc) is 3.57. The predicted octanol–water partition coefficient (Wildman–Crippen LogP) is 5.14. The fourth-order valence-corrected chi connectivity index (χ4v) is 4.33. The average molecular weight is 490 g/mol. The lowest BCUT2D eigenvalue weighted by atomic mass is 9.95. The van der Waals surface area contributed by atoms with Gasteiger partial charge in [-0.05, 0) is 68.5 Å². The molecule has 0 unspecified atom stereocenters. The van der Waals surface area contributed by atoms with Gasteiger partial charge in [0.1, 0.15) is 29.2 Å². The van der Waals surface area contributed by atoms with Crippen LogP contribution in [0.15, 0.2) is 48.7 Å². The molecular formula is C24H26Cl2FN5O. The first kappa shape index (κ1) is 23.7. The molecule has 0 spiro atoms. The number of alkyl halides is 1. The molecule has 2 aliphatic rings. The van der Waals surface area contributed by atoms with Gasteiger partial charge in [-0.25, -0.2) is 9.37 Å². The number of piperidine rings is 1. The van der Waals surface area contributed by atoms with Crippen LogP contribution in [0.3, 0.4) is 0 Å². The zero-order chi connectivity index (χ0) is 20.8. The SMILES string of the molecule is Cl.Cl.FC1(COc2cccc3ccc(-c4nnc5ccc(C6CC6)cn45)nc23)CCNCC1. The van der Waals surface area contributed by atoms with Gasteiger partial charge in [0.05, 0.1) is 0 Å². The summed E-state index contributed by atoms with van der Waals surface area (Å²) in [6.07, 6.45) is 5.53. The van der Waals surface area contributed by atoms with Crippen molar-refractivity contribution in [3.8, 4) is 17.3 Å². The van der Waals surface area contributed by atoms with Crippen molar-refractivity contribution in [2.24, 2.45) is 0 Å². The summed E-state index contributed by atoms with van der Waals surface area (Å²) in [7, 11) is 0. The molecule has 174 valence electrons. The molecule has 2 fully saturated rings. The summed E-state index contributed by atoms with van der Waals surface area (Å²) in [5, 5.41) is 12.9.